The minimum absolute atomic E-state index is 0.318. The number of nitrogens with one attached hydrogen (secondary N) is 1. The Morgan fingerprint density at radius 2 is 1.47 bits per heavy atom. The van der Waals surface area contributed by atoms with Crippen LogP contribution in [0.25, 0.3) is 0 Å². The lowest BCUT2D eigenvalue weighted by molar-refractivity contribution is -0.890. The Bertz CT molecular complexity index is 623. The van der Waals surface area contributed by atoms with Gasteiger partial charge in [-0.2, -0.15) is 0 Å². The number of unbranched alkanes of at least 4 members (excludes halogenated alkanes) is 3. The monoisotopic (exact) mass is 530 g/mol. The van der Waals surface area contributed by atoms with Crippen LogP contribution in [0.2, 0.25) is 6.04 Å². The number of rotatable bonds is 22. The van der Waals surface area contributed by atoms with Crippen LogP contribution in [0.5, 0.6) is 0 Å². The van der Waals surface area contributed by atoms with Crippen molar-refractivity contribution in [2.24, 2.45) is 0 Å². The van der Waals surface area contributed by atoms with Gasteiger partial charge in [-0.3, -0.25) is 0 Å². The van der Waals surface area contributed by atoms with Crippen LogP contribution in [0.1, 0.15) is 44.9 Å². The summed E-state index contributed by atoms with van der Waals surface area (Å²) in [5.74, 6) is -0.318. The van der Waals surface area contributed by atoms with E-state index in [0.29, 0.717) is 56.5 Å². The van der Waals surface area contributed by atoms with Crippen LogP contribution in [0.3, 0.4) is 0 Å². The number of ether oxygens (including phenoxy) is 2. The molecule has 0 aliphatic rings. The number of amides is 1. The third kappa shape index (κ3) is 18.5. The number of nitrogens with zero attached hydrogens (tertiary/aromatic N) is 1. The largest absolute Gasteiger partial charge is 0.748 e. The Morgan fingerprint density at radius 1 is 0.853 bits per heavy atom. The van der Waals surface area contributed by atoms with E-state index in [1.807, 2.05) is 14.1 Å². The van der Waals surface area contributed by atoms with E-state index in [-0.39, 0.29) is 5.75 Å². The fraction of sp³-hybridized carbons (Fsp3) is 0.952. The van der Waals surface area contributed by atoms with Crippen molar-refractivity contribution in [3.63, 3.8) is 0 Å². The van der Waals surface area contributed by atoms with Crippen LogP contribution in [0.4, 0.5) is 4.79 Å². The fourth-order valence-electron chi connectivity index (χ4n) is 3.38. The SMILES string of the molecule is CO[Si](CCCCCOCCCNC(=O)OCCC[N+](C)(C)CCCCS(=O)(=O)[O-])(OC)OC. The number of quaternary nitrogens is 1. The highest BCUT2D eigenvalue weighted by molar-refractivity contribution is 7.85. The third-order valence-corrected chi connectivity index (χ3v) is 9.11. The molecule has 1 N–H and O–H groups in total. The number of carbonyl (C=O) groups excluding carboxylic acids is 1. The molecule has 0 saturated carbocycles. The normalized spacial score (nSPS) is 12.6. The van der Waals surface area contributed by atoms with E-state index in [9.17, 15) is 17.8 Å². The molecule has 0 bridgehead atoms. The molecule has 34 heavy (non-hydrogen) atoms. The zero-order chi connectivity index (χ0) is 25.9. The van der Waals surface area contributed by atoms with E-state index >= 15 is 0 Å². The van der Waals surface area contributed by atoms with Gasteiger partial charge in [0.15, 0.2) is 0 Å². The van der Waals surface area contributed by atoms with Gasteiger partial charge < -0.3 is 37.1 Å². The minimum Gasteiger partial charge on any atom is -0.748 e. The zero-order valence-electron chi connectivity index (χ0n) is 21.6. The Hall–Kier alpha value is -0.803. The lowest BCUT2D eigenvalue weighted by atomic mass is 10.2. The smallest absolute Gasteiger partial charge is 0.500 e. The molecule has 0 aromatic rings. The molecule has 0 saturated heterocycles. The second-order valence-corrected chi connectivity index (χ2v) is 13.5. The molecule has 1 amide bonds. The van der Waals surface area contributed by atoms with Crippen molar-refractivity contribution in [3.8, 4) is 0 Å². The second kappa shape index (κ2) is 18.5. The third-order valence-electron chi connectivity index (χ3n) is 5.49. The molecule has 0 aliphatic carbocycles. The molecule has 0 radical (unpaired) electrons. The van der Waals surface area contributed by atoms with E-state index in [2.05, 4.69) is 5.32 Å². The van der Waals surface area contributed by atoms with E-state index < -0.39 is 25.0 Å². The molecule has 0 fully saturated rings. The molecule has 11 nitrogen and oxygen atoms in total. The van der Waals surface area contributed by atoms with Gasteiger partial charge in [0.05, 0.1) is 43.9 Å². The van der Waals surface area contributed by atoms with Crippen LogP contribution in [0, 0.1) is 0 Å². The molecule has 0 unspecified atom stereocenters. The first kappa shape index (κ1) is 33.2. The lowest BCUT2D eigenvalue weighted by Crippen LogP contribution is -2.42. The summed E-state index contributed by atoms with van der Waals surface area (Å²) < 4.78 is 59.5. The number of alkyl carbamates (subject to hydrolysis) is 1. The molecule has 0 rings (SSSR count). The van der Waals surface area contributed by atoms with Gasteiger partial charge in [0, 0.05) is 59.3 Å². The summed E-state index contributed by atoms with van der Waals surface area (Å²) in [6.45, 7) is 3.61. The molecular weight excluding hydrogens is 484 g/mol. The van der Waals surface area contributed by atoms with Gasteiger partial charge in [0.25, 0.3) is 0 Å². The van der Waals surface area contributed by atoms with Crippen LogP contribution >= 0.6 is 0 Å². The number of hydrogen-bond acceptors (Lipinski definition) is 9. The first-order valence-electron chi connectivity index (χ1n) is 11.9. The van der Waals surface area contributed by atoms with Crippen molar-refractivity contribution in [2.45, 2.75) is 51.0 Å². The molecule has 0 heterocycles. The summed E-state index contributed by atoms with van der Waals surface area (Å²) in [6.07, 6.45) is 4.92. The zero-order valence-corrected chi connectivity index (χ0v) is 23.5. The molecule has 13 heteroatoms. The maximum atomic E-state index is 11.7. The summed E-state index contributed by atoms with van der Waals surface area (Å²) >= 11 is 0. The van der Waals surface area contributed by atoms with Crippen LogP contribution in [-0.2, 0) is 32.9 Å². The van der Waals surface area contributed by atoms with Crippen molar-refractivity contribution in [1.82, 2.24) is 5.32 Å². The molecule has 0 aromatic heterocycles. The summed E-state index contributed by atoms with van der Waals surface area (Å²) in [7, 11) is 2.30. The van der Waals surface area contributed by atoms with Crippen LogP contribution in [0.15, 0.2) is 0 Å². The summed E-state index contributed by atoms with van der Waals surface area (Å²) in [4.78, 5) is 11.7. The number of hydrogen-bond donors (Lipinski definition) is 1. The summed E-state index contributed by atoms with van der Waals surface area (Å²) in [5, 5.41) is 2.71. The maximum Gasteiger partial charge on any atom is 0.500 e. The van der Waals surface area contributed by atoms with Crippen LogP contribution in [-0.4, -0.2) is 113 Å². The minimum atomic E-state index is -4.14. The predicted molar refractivity (Wildman–Crippen MR) is 130 cm³/mol. The molecule has 0 atom stereocenters. The first-order chi connectivity index (χ1) is 16.0. The Kier molecular flexibility index (Phi) is 18.0. The lowest BCUT2D eigenvalue weighted by Gasteiger charge is -2.29. The molecule has 204 valence electrons. The van der Waals surface area contributed by atoms with E-state index in [0.717, 1.165) is 38.4 Å². The first-order valence-corrected chi connectivity index (χ1v) is 15.4. The topological polar surface area (TPSA) is 132 Å². The predicted octanol–water partition coefficient (Wildman–Crippen LogP) is 1.96. The van der Waals surface area contributed by atoms with Gasteiger partial charge in [-0.25, -0.2) is 13.2 Å². The molecule has 0 aromatic carbocycles. The van der Waals surface area contributed by atoms with Gasteiger partial charge in [-0.05, 0) is 32.1 Å². The van der Waals surface area contributed by atoms with Crippen molar-refractivity contribution < 1.29 is 45.0 Å². The van der Waals surface area contributed by atoms with Crippen molar-refractivity contribution in [1.29, 1.82) is 0 Å². The highest BCUT2D eigenvalue weighted by Gasteiger charge is 2.36. The van der Waals surface area contributed by atoms with E-state index in [1.165, 1.54) is 0 Å². The average molecular weight is 531 g/mol. The van der Waals surface area contributed by atoms with E-state index in [4.69, 9.17) is 22.8 Å². The standard InChI is InChI=1S/C21H46N2O9SSi/c1-23(2,14-7-9-19-33(25,26)27)15-12-18-32-21(24)22-13-11-17-31-16-8-6-10-20-34(28-3,29-4)30-5/h6-20H2,1-5H3,(H-,22,24,25,26,27). The Labute approximate surface area is 207 Å². The maximum absolute atomic E-state index is 11.7. The van der Waals surface area contributed by atoms with E-state index in [1.54, 1.807) is 21.3 Å². The summed E-state index contributed by atoms with van der Waals surface area (Å²) in [5.41, 5.74) is 0. The van der Waals surface area contributed by atoms with Gasteiger partial charge in [-0.15, -0.1) is 0 Å². The van der Waals surface area contributed by atoms with Gasteiger partial charge in [0.1, 0.15) is 0 Å². The molecule has 0 spiro atoms. The summed E-state index contributed by atoms with van der Waals surface area (Å²) in [6, 6.07) is 0.786. The van der Waals surface area contributed by atoms with Crippen LogP contribution < -0.4 is 5.32 Å². The highest BCUT2D eigenvalue weighted by Crippen LogP contribution is 2.17. The Balaban J connectivity index is 3.61. The van der Waals surface area contributed by atoms with Gasteiger partial charge >= 0.3 is 14.9 Å². The van der Waals surface area contributed by atoms with Crippen molar-refractivity contribution in [3.05, 3.63) is 0 Å². The average Bonchev–Trinajstić information content (AvgIpc) is 2.78. The number of carbonyl (C=O) groups is 1. The van der Waals surface area contributed by atoms with Gasteiger partial charge in [-0.1, -0.05) is 6.42 Å². The second-order valence-electron chi connectivity index (χ2n) is 8.84. The molecule has 0 aliphatic heterocycles. The Morgan fingerprint density at radius 3 is 2.09 bits per heavy atom. The van der Waals surface area contributed by atoms with Crippen molar-refractivity contribution >= 4 is 25.0 Å². The quantitative estimate of drug-likeness (QED) is 0.0965. The fourth-order valence-corrected chi connectivity index (χ4v) is 5.74. The molecular formula is C21H46N2O9SSi. The van der Waals surface area contributed by atoms with Crippen molar-refractivity contribution in [2.75, 3.05) is 80.6 Å². The highest BCUT2D eigenvalue weighted by atomic mass is 32.2. The van der Waals surface area contributed by atoms with Gasteiger partial charge in [0.2, 0.25) is 0 Å².